The molecule has 0 spiro atoms. The van der Waals surface area contributed by atoms with Gasteiger partial charge < -0.3 is 9.64 Å². The van der Waals surface area contributed by atoms with E-state index >= 15 is 0 Å². The SMILES string of the molecule is CC(C)c1nccc(N2CCOCC2)n1. The minimum absolute atomic E-state index is 0.381. The Kier molecular flexibility index (Phi) is 3.16. The largest absolute Gasteiger partial charge is 0.378 e. The number of anilines is 1. The molecule has 0 saturated carbocycles. The second-order valence-corrected chi connectivity index (χ2v) is 4.03. The van der Waals surface area contributed by atoms with Gasteiger partial charge in [-0.1, -0.05) is 13.8 Å². The molecule has 2 rings (SSSR count). The van der Waals surface area contributed by atoms with Gasteiger partial charge in [0.15, 0.2) is 0 Å². The fourth-order valence-corrected chi connectivity index (χ4v) is 1.61. The summed E-state index contributed by atoms with van der Waals surface area (Å²) >= 11 is 0. The average molecular weight is 207 g/mol. The fraction of sp³-hybridized carbons (Fsp3) is 0.636. The first kappa shape index (κ1) is 10.4. The summed E-state index contributed by atoms with van der Waals surface area (Å²) in [4.78, 5) is 11.1. The third-order valence-electron chi connectivity index (χ3n) is 2.51. The van der Waals surface area contributed by atoms with E-state index in [1.165, 1.54) is 0 Å². The third kappa shape index (κ3) is 2.45. The van der Waals surface area contributed by atoms with Gasteiger partial charge in [0.05, 0.1) is 13.2 Å². The zero-order valence-corrected chi connectivity index (χ0v) is 9.31. The average Bonchev–Trinajstić information content (AvgIpc) is 2.30. The quantitative estimate of drug-likeness (QED) is 0.735. The lowest BCUT2D eigenvalue weighted by Gasteiger charge is -2.28. The molecule has 1 aromatic rings. The van der Waals surface area contributed by atoms with E-state index in [1.54, 1.807) is 0 Å². The van der Waals surface area contributed by atoms with Crippen LogP contribution in [0.25, 0.3) is 0 Å². The monoisotopic (exact) mass is 207 g/mol. The molecule has 0 aromatic carbocycles. The molecular weight excluding hydrogens is 190 g/mol. The predicted molar refractivity (Wildman–Crippen MR) is 59.2 cm³/mol. The van der Waals surface area contributed by atoms with E-state index in [9.17, 15) is 0 Å². The van der Waals surface area contributed by atoms with Crippen LogP contribution < -0.4 is 4.90 Å². The van der Waals surface area contributed by atoms with Crippen LogP contribution in [0.15, 0.2) is 12.3 Å². The highest BCUT2D eigenvalue weighted by Gasteiger charge is 2.13. The molecule has 0 unspecified atom stereocenters. The number of hydrogen-bond donors (Lipinski definition) is 0. The van der Waals surface area contributed by atoms with Gasteiger partial charge in [-0.15, -0.1) is 0 Å². The molecule has 15 heavy (non-hydrogen) atoms. The number of ether oxygens (including phenoxy) is 1. The summed E-state index contributed by atoms with van der Waals surface area (Å²) in [5, 5.41) is 0. The highest BCUT2D eigenvalue weighted by atomic mass is 16.5. The van der Waals surface area contributed by atoms with E-state index in [1.807, 2.05) is 12.3 Å². The molecule has 0 amide bonds. The van der Waals surface area contributed by atoms with E-state index in [-0.39, 0.29) is 0 Å². The number of morpholine rings is 1. The fourth-order valence-electron chi connectivity index (χ4n) is 1.61. The Morgan fingerprint density at radius 2 is 2.07 bits per heavy atom. The Morgan fingerprint density at radius 1 is 1.33 bits per heavy atom. The first-order valence-electron chi connectivity index (χ1n) is 5.43. The van der Waals surface area contributed by atoms with Gasteiger partial charge in [0.1, 0.15) is 11.6 Å². The van der Waals surface area contributed by atoms with Crippen molar-refractivity contribution >= 4 is 5.82 Å². The smallest absolute Gasteiger partial charge is 0.133 e. The molecule has 1 aliphatic heterocycles. The summed E-state index contributed by atoms with van der Waals surface area (Å²) in [5.74, 6) is 2.32. The molecular formula is C11H17N3O. The van der Waals surface area contributed by atoms with E-state index in [4.69, 9.17) is 4.74 Å². The summed E-state index contributed by atoms with van der Waals surface area (Å²) in [6.45, 7) is 7.65. The van der Waals surface area contributed by atoms with Crippen LogP contribution >= 0.6 is 0 Å². The van der Waals surface area contributed by atoms with Gasteiger partial charge in [0, 0.05) is 25.2 Å². The first-order valence-corrected chi connectivity index (χ1v) is 5.43. The zero-order chi connectivity index (χ0) is 10.7. The Bertz CT molecular complexity index is 321. The molecule has 0 radical (unpaired) electrons. The van der Waals surface area contributed by atoms with Crippen molar-refractivity contribution in [2.45, 2.75) is 19.8 Å². The van der Waals surface area contributed by atoms with Crippen LogP contribution in [0.3, 0.4) is 0 Å². The van der Waals surface area contributed by atoms with Gasteiger partial charge in [-0.2, -0.15) is 0 Å². The van der Waals surface area contributed by atoms with Crippen LogP contribution in [0.2, 0.25) is 0 Å². The van der Waals surface area contributed by atoms with Crippen LogP contribution in [0.1, 0.15) is 25.6 Å². The maximum atomic E-state index is 5.31. The van der Waals surface area contributed by atoms with Crippen molar-refractivity contribution in [3.63, 3.8) is 0 Å². The van der Waals surface area contributed by atoms with Gasteiger partial charge in [-0.25, -0.2) is 9.97 Å². The lowest BCUT2D eigenvalue weighted by Crippen LogP contribution is -2.36. The predicted octanol–water partition coefficient (Wildman–Crippen LogP) is 1.44. The zero-order valence-electron chi connectivity index (χ0n) is 9.31. The Hall–Kier alpha value is -1.16. The Labute approximate surface area is 90.3 Å². The van der Waals surface area contributed by atoms with Crippen LogP contribution in [0, 0.1) is 0 Å². The summed E-state index contributed by atoms with van der Waals surface area (Å²) < 4.78 is 5.31. The van der Waals surface area contributed by atoms with Gasteiger partial charge in [0.25, 0.3) is 0 Å². The van der Waals surface area contributed by atoms with Gasteiger partial charge >= 0.3 is 0 Å². The van der Waals surface area contributed by atoms with Crippen molar-refractivity contribution in [2.75, 3.05) is 31.2 Å². The van der Waals surface area contributed by atoms with E-state index in [0.717, 1.165) is 37.9 Å². The molecule has 0 N–H and O–H groups in total. The topological polar surface area (TPSA) is 38.2 Å². The number of aromatic nitrogens is 2. The van der Waals surface area contributed by atoms with Gasteiger partial charge in [0.2, 0.25) is 0 Å². The lowest BCUT2D eigenvalue weighted by molar-refractivity contribution is 0.122. The summed E-state index contributed by atoms with van der Waals surface area (Å²) in [5.41, 5.74) is 0. The lowest BCUT2D eigenvalue weighted by atomic mass is 10.2. The minimum Gasteiger partial charge on any atom is -0.378 e. The molecule has 4 heteroatoms. The maximum Gasteiger partial charge on any atom is 0.133 e. The normalized spacial score (nSPS) is 17.1. The van der Waals surface area contributed by atoms with Gasteiger partial charge in [-0.05, 0) is 6.07 Å². The summed E-state index contributed by atoms with van der Waals surface area (Å²) in [6, 6.07) is 1.97. The highest BCUT2D eigenvalue weighted by Crippen LogP contribution is 2.15. The Balaban J connectivity index is 2.16. The molecule has 2 heterocycles. The maximum absolute atomic E-state index is 5.31. The van der Waals surface area contributed by atoms with Crippen LogP contribution in [-0.2, 0) is 4.74 Å². The van der Waals surface area contributed by atoms with Crippen molar-refractivity contribution in [3.8, 4) is 0 Å². The minimum atomic E-state index is 0.381. The standard InChI is InChI=1S/C11H17N3O/c1-9(2)11-12-4-3-10(13-11)14-5-7-15-8-6-14/h3-4,9H,5-8H2,1-2H3. The van der Waals surface area contributed by atoms with Crippen LogP contribution in [-0.4, -0.2) is 36.3 Å². The summed E-state index contributed by atoms with van der Waals surface area (Å²) in [6.07, 6.45) is 1.84. The number of hydrogen-bond acceptors (Lipinski definition) is 4. The second kappa shape index (κ2) is 4.57. The van der Waals surface area contributed by atoms with Crippen molar-refractivity contribution in [1.29, 1.82) is 0 Å². The molecule has 4 nitrogen and oxygen atoms in total. The van der Waals surface area contributed by atoms with Gasteiger partial charge in [-0.3, -0.25) is 0 Å². The molecule has 1 aliphatic rings. The first-order chi connectivity index (χ1) is 7.27. The molecule has 0 aliphatic carbocycles. The molecule has 0 atom stereocenters. The van der Waals surface area contributed by atoms with Crippen molar-refractivity contribution in [1.82, 2.24) is 9.97 Å². The summed E-state index contributed by atoms with van der Waals surface area (Å²) in [7, 11) is 0. The molecule has 0 bridgehead atoms. The third-order valence-corrected chi connectivity index (χ3v) is 2.51. The van der Waals surface area contributed by atoms with E-state index in [2.05, 4.69) is 28.7 Å². The number of rotatable bonds is 2. The number of nitrogens with zero attached hydrogens (tertiary/aromatic N) is 3. The second-order valence-electron chi connectivity index (χ2n) is 4.03. The highest BCUT2D eigenvalue weighted by molar-refractivity contribution is 5.37. The van der Waals surface area contributed by atoms with Crippen molar-refractivity contribution in [3.05, 3.63) is 18.1 Å². The molecule has 1 fully saturated rings. The van der Waals surface area contributed by atoms with Crippen molar-refractivity contribution in [2.24, 2.45) is 0 Å². The molecule has 1 aromatic heterocycles. The van der Waals surface area contributed by atoms with Crippen molar-refractivity contribution < 1.29 is 4.74 Å². The van der Waals surface area contributed by atoms with E-state index in [0.29, 0.717) is 5.92 Å². The molecule has 1 saturated heterocycles. The van der Waals surface area contributed by atoms with Crippen LogP contribution in [0.5, 0.6) is 0 Å². The Morgan fingerprint density at radius 3 is 2.73 bits per heavy atom. The molecule has 82 valence electrons. The van der Waals surface area contributed by atoms with Crippen LogP contribution in [0.4, 0.5) is 5.82 Å². The van der Waals surface area contributed by atoms with E-state index < -0.39 is 0 Å².